The van der Waals surface area contributed by atoms with E-state index in [1.807, 2.05) is 36.4 Å². The van der Waals surface area contributed by atoms with Gasteiger partial charge in [0.2, 0.25) is 5.91 Å². The fraction of sp³-hybridized carbons (Fsp3) is 0.120. The first kappa shape index (κ1) is 20.4. The average molecular weight is 450 g/mol. The average Bonchev–Trinajstić information content (AvgIpc) is 3.33. The molecule has 0 saturated carbocycles. The SMILES string of the molecule is CC1(Cc2cc(F)cc(F)c2)C(=O)N(c2c[nH]cn2)c2ccc(-c3cccc(Cl)c3)cc21. The van der Waals surface area contributed by atoms with Crippen molar-refractivity contribution in [1.82, 2.24) is 9.97 Å². The Morgan fingerprint density at radius 1 is 1.03 bits per heavy atom. The van der Waals surface area contributed by atoms with Gasteiger partial charge in [0.05, 0.1) is 17.4 Å². The number of nitrogens with one attached hydrogen (secondary N) is 1. The van der Waals surface area contributed by atoms with E-state index >= 15 is 0 Å². The number of hydrogen-bond donors (Lipinski definition) is 1. The maximum atomic E-state index is 13.9. The van der Waals surface area contributed by atoms with Crippen LogP contribution in [0.25, 0.3) is 11.1 Å². The van der Waals surface area contributed by atoms with Gasteiger partial charge < -0.3 is 4.98 Å². The van der Waals surface area contributed by atoms with E-state index in [0.29, 0.717) is 22.1 Å². The number of nitrogens with zero attached hydrogens (tertiary/aromatic N) is 2. The number of aromatic amines is 1. The van der Waals surface area contributed by atoms with Crippen LogP contribution in [0.2, 0.25) is 5.02 Å². The van der Waals surface area contributed by atoms with Crippen LogP contribution in [-0.4, -0.2) is 15.9 Å². The molecule has 0 spiro atoms. The lowest BCUT2D eigenvalue weighted by atomic mass is 9.77. The predicted molar refractivity (Wildman–Crippen MR) is 120 cm³/mol. The first-order valence-electron chi connectivity index (χ1n) is 10.0. The third-order valence-corrected chi connectivity index (χ3v) is 6.09. The molecule has 0 saturated heterocycles. The van der Waals surface area contributed by atoms with Gasteiger partial charge in [-0.25, -0.2) is 13.8 Å². The van der Waals surface area contributed by atoms with Crippen molar-refractivity contribution in [3.8, 4) is 11.1 Å². The minimum atomic E-state index is -1.05. The van der Waals surface area contributed by atoms with Gasteiger partial charge in [-0.15, -0.1) is 0 Å². The molecule has 1 aromatic heterocycles. The lowest BCUT2D eigenvalue weighted by Gasteiger charge is -2.24. The zero-order valence-electron chi connectivity index (χ0n) is 17.1. The van der Waals surface area contributed by atoms with E-state index in [0.717, 1.165) is 22.8 Å². The number of amides is 1. The number of carbonyl (C=O) groups is 1. The molecule has 1 aliphatic rings. The fourth-order valence-electron chi connectivity index (χ4n) is 4.39. The zero-order chi connectivity index (χ0) is 22.5. The zero-order valence-corrected chi connectivity index (χ0v) is 17.8. The first-order chi connectivity index (χ1) is 15.3. The van der Waals surface area contributed by atoms with Crippen molar-refractivity contribution >= 4 is 29.0 Å². The summed E-state index contributed by atoms with van der Waals surface area (Å²) in [5.74, 6) is -1.11. The summed E-state index contributed by atoms with van der Waals surface area (Å²) in [6.45, 7) is 1.80. The molecular weight excluding hydrogens is 432 g/mol. The largest absolute Gasteiger partial charge is 0.349 e. The summed E-state index contributed by atoms with van der Waals surface area (Å²) in [7, 11) is 0. The molecule has 1 atom stereocenters. The quantitative estimate of drug-likeness (QED) is 0.404. The number of benzene rings is 3. The molecule has 0 fully saturated rings. The topological polar surface area (TPSA) is 49.0 Å². The highest BCUT2D eigenvalue weighted by Gasteiger charge is 2.48. The monoisotopic (exact) mass is 449 g/mol. The number of anilines is 2. The minimum Gasteiger partial charge on any atom is -0.349 e. The Morgan fingerprint density at radius 2 is 1.78 bits per heavy atom. The van der Waals surface area contributed by atoms with E-state index in [2.05, 4.69) is 9.97 Å². The number of aromatic nitrogens is 2. The molecule has 0 aliphatic carbocycles. The van der Waals surface area contributed by atoms with Gasteiger partial charge in [0.1, 0.15) is 11.6 Å². The number of hydrogen-bond acceptors (Lipinski definition) is 2. The number of fused-ring (bicyclic) bond motifs is 1. The van der Waals surface area contributed by atoms with Crippen LogP contribution < -0.4 is 4.90 Å². The summed E-state index contributed by atoms with van der Waals surface area (Å²) >= 11 is 6.17. The second kappa shape index (κ2) is 7.57. The smallest absolute Gasteiger partial charge is 0.243 e. The summed E-state index contributed by atoms with van der Waals surface area (Å²) in [5.41, 5.74) is 2.59. The van der Waals surface area contributed by atoms with Gasteiger partial charge in [-0.05, 0) is 72.0 Å². The highest BCUT2D eigenvalue weighted by atomic mass is 35.5. The summed E-state index contributed by atoms with van der Waals surface area (Å²) in [5, 5.41) is 0.607. The van der Waals surface area contributed by atoms with E-state index in [1.54, 1.807) is 24.1 Å². The molecule has 4 aromatic rings. The lowest BCUT2D eigenvalue weighted by molar-refractivity contribution is -0.122. The van der Waals surface area contributed by atoms with Crippen LogP contribution in [0, 0.1) is 11.6 Å². The lowest BCUT2D eigenvalue weighted by Crippen LogP contribution is -2.37. The van der Waals surface area contributed by atoms with Crippen molar-refractivity contribution in [2.45, 2.75) is 18.8 Å². The molecule has 0 radical (unpaired) electrons. The van der Waals surface area contributed by atoms with Gasteiger partial charge in [0, 0.05) is 17.3 Å². The van der Waals surface area contributed by atoms with E-state index in [9.17, 15) is 13.6 Å². The van der Waals surface area contributed by atoms with Gasteiger partial charge in [0.25, 0.3) is 0 Å². The van der Waals surface area contributed by atoms with Crippen LogP contribution >= 0.6 is 11.6 Å². The molecule has 1 amide bonds. The Balaban J connectivity index is 1.67. The van der Waals surface area contributed by atoms with Crippen LogP contribution in [-0.2, 0) is 16.6 Å². The van der Waals surface area contributed by atoms with Crippen LogP contribution in [0.4, 0.5) is 20.3 Å². The standard InChI is InChI=1S/C25H18ClF2N3O/c1-25(12-15-7-19(27)11-20(28)8-15)21-10-17(16-3-2-4-18(26)9-16)5-6-22(21)31(24(25)32)23-13-29-14-30-23/h2-11,13-14H,12H2,1H3,(H,29,30). The maximum absolute atomic E-state index is 13.9. The van der Waals surface area contributed by atoms with Crippen LogP contribution in [0.1, 0.15) is 18.1 Å². The maximum Gasteiger partial charge on any atom is 0.243 e. The van der Waals surface area contributed by atoms with Crippen molar-refractivity contribution in [2.75, 3.05) is 4.90 Å². The molecule has 1 unspecified atom stereocenters. The Bertz CT molecular complexity index is 1320. The Labute approximate surface area is 188 Å². The Morgan fingerprint density at radius 3 is 2.47 bits per heavy atom. The predicted octanol–water partition coefficient (Wildman–Crippen LogP) is 6.19. The Hall–Kier alpha value is -3.51. The third-order valence-electron chi connectivity index (χ3n) is 5.86. The van der Waals surface area contributed by atoms with Crippen LogP contribution in [0.5, 0.6) is 0 Å². The first-order valence-corrected chi connectivity index (χ1v) is 10.4. The number of halogens is 3. The number of rotatable bonds is 4. The van der Waals surface area contributed by atoms with Gasteiger partial charge in [0.15, 0.2) is 5.82 Å². The van der Waals surface area contributed by atoms with Crippen LogP contribution in [0.3, 0.4) is 0 Å². The minimum absolute atomic E-state index is 0.132. The number of imidazole rings is 1. The molecule has 160 valence electrons. The van der Waals surface area contributed by atoms with Crippen molar-refractivity contribution in [3.63, 3.8) is 0 Å². The van der Waals surface area contributed by atoms with Gasteiger partial charge in [-0.2, -0.15) is 0 Å². The molecule has 2 heterocycles. The van der Waals surface area contributed by atoms with E-state index < -0.39 is 17.0 Å². The highest BCUT2D eigenvalue weighted by Crippen LogP contribution is 2.48. The van der Waals surface area contributed by atoms with Crippen molar-refractivity contribution < 1.29 is 13.6 Å². The summed E-state index contributed by atoms with van der Waals surface area (Å²) in [4.78, 5) is 22.4. The molecule has 1 N–H and O–H groups in total. The summed E-state index contributed by atoms with van der Waals surface area (Å²) < 4.78 is 27.8. The molecule has 5 rings (SSSR count). The van der Waals surface area contributed by atoms with Crippen molar-refractivity contribution in [2.24, 2.45) is 0 Å². The fourth-order valence-corrected chi connectivity index (χ4v) is 4.58. The summed E-state index contributed by atoms with van der Waals surface area (Å²) in [6, 6.07) is 16.5. The van der Waals surface area contributed by atoms with Gasteiger partial charge in [-0.3, -0.25) is 9.69 Å². The second-order valence-electron chi connectivity index (χ2n) is 8.10. The molecule has 0 bridgehead atoms. The normalized spacial score (nSPS) is 17.6. The number of H-pyrrole nitrogens is 1. The van der Waals surface area contributed by atoms with E-state index in [-0.39, 0.29) is 12.3 Å². The van der Waals surface area contributed by atoms with E-state index in [4.69, 9.17) is 11.6 Å². The Kier molecular flexibility index (Phi) is 4.82. The van der Waals surface area contributed by atoms with Crippen molar-refractivity contribution in [1.29, 1.82) is 0 Å². The molecular formula is C25H18ClF2N3O. The molecule has 1 aliphatic heterocycles. The van der Waals surface area contributed by atoms with E-state index in [1.165, 1.54) is 18.5 Å². The third kappa shape index (κ3) is 3.37. The molecule has 32 heavy (non-hydrogen) atoms. The molecule has 4 nitrogen and oxygen atoms in total. The van der Waals surface area contributed by atoms with Gasteiger partial charge >= 0.3 is 0 Å². The van der Waals surface area contributed by atoms with Crippen LogP contribution in [0.15, 0.2) is 73.2 Å². The second-order valence-corrected chi connectivity index (χ2v) is 8.53. The number of carbonyl (C=O) groups excluding carboxylic acids is 1. The van der Waals surface area contributed by atoms with Gasteiger partial charge in [-0.1, -0.05) is 29.8 Å². The molecule has 3 aromatic carbocycles. The molecule has 7 heteroatoms. The highest BCUT2D eigenvalue weighted by molar-refractivity contribution is 6.30. The summed E-state index contributed by atoms with van der Waals surface area (Å²) in [6.07, 6.45) is 3.27. The van der Waals surface area contributed by atoms with Crippen molar-refractivity contribution in [3.05, 3.63) is 101 Å².